The standard InChI is InChI=1S/C41H60N6O13/c1-8-9-18-41(42,22-48)35(56)27(19-23(2)3)45-39(60)34(40(5,6)7)47-38(59)28(20-25-13-11-10-12-24(25)4)46-36(57)26(14-16-31(50)51)44-37(58)29(21-33(54)55)43-30(49)15-17-32(52)53/h8-13,22-23,26-29,34H,14-21,42H2,1-7H3,(H,43,49)(H,44,58)(H,45,60)(H,46,57)(H,47,59)(H,50,51)(H,52,53)(H,54,55)/t26-,27-,28-,29-,34+,41?/m0/s1. The molecule has 0 aliphatic rings. The number of carboxylic acid groups (broad SMARTS) is 3. The third kappa shape index (κ3) is 17.9. The third-order valence-electron chi connectivity index (χ3n) is 9.31. The minimum atomic E-state index is -1.95. The zero-order valence-corrected chi connectivity index (χ0v) is 35.2. The molecule has 6 atom stereocenters. The largest absolute Gasteiger partial charge is 0.481 e. The maximum atomic E-state index is 14.3. The zero-order chi connectivity index (χ0) is 46.0. The lowest BCUT2D eigenvalue weighted by molar-refractivity contribution is -0.142. The first-order valence-corrected chi connectivity index (χ1v) is 19.5. The molecule has 1 aromatic carbocycles. The predicted molar refractivity (Wildman–Crippen MR) is 217 cm³/mol. The maximum Gasteiger partial charge on any atom is 0.305 e. The molecule has 0 fully saturated rings. The van der Waals surface area contributed by atoms with Crippen molar-refractivity contribution in [1.82, 2.24) is 26.6 Å². The summed E-state index contributed by atoms with van der Waals surface area (Å²) in [6.07, 6.45) is -0.101. The van der Waals surface area contributed by atoms with Gasteiger partial charge in [-0.05, 0) is 55.6 Å². The van der Waals surface area contributed by atoms with E-state index in [0.29, 0.717) is 17.4 Å². The number of carboxylic acids is 3. The van der Waals surface area contributed by atoms with Crippen LogP contribution in [0.2, 0.25) is 0 Å². The summed E-state index contributed by atoms with van der Waals surface area (Å²) in [7, 11) is 0. The average Bonchev–Trinajstić information content (AvgIpc) is 3.15. The molecule has 0 spiro atoms. The molecule has 0 aliphatic carbocycles. The van der Waals surface area contributed by atoms with Crippen LogP contribution < -0.4 is 32.3 Å². The second-order valence-electron chi connectivity index (χ2n) is 16.1. The molecule has 0 radical (unpaired) electrons. The third-order valence-corrected chi connectivity index (χ3v) is 9.31. The van der Waals surface area contributed by atoms with Crippen LogP contribution in [0.5, 0.6) is 0 Å². The molecule has 19 heteroatoms. The van der Waals surface area contributed by atoms with Gasteiger partial charge in [-0.1, -0.05) is 71.0 Å². The Morgan fingerprint density at radius 2 is 1.27 bits per heavy atom. The van der Waals surface area contributed by atoms with Gasteiger partial charge in [-0.3, -0.25) is 43.2 Å². The van der Waals surface area contributed by atoms with Gasteiger partial charge in [-0.25, -0.2) is 0 Å². The molecule has 10 N–H and O–H groups in total. The Bertz CT molecular complexity index is 1770. The van der Waals surface area contributed by atoms with E-state index in [2.05, 4.69) is 26.6 Å². The van der Waals surface area contributed by atoms with Crippen LogP contribution in [0.25, 0.3) is 0 Å². The molecule has 5 amide bonds. The normalized spacial score (nSPS) is 14.9. The first kappa shape index (κ1) is 52.0. The monoisotopic (exact) mass is 844 g/mol. The minimum Gasteiger partial charge on any atom is -0.481 e. The van der Waals surface area contributed by atoms with Crippen LogP contribution in [0.3, 0.4) is 0 Å². The number of hydrogen-bond donors (Lipinski definition) is 9. The molecular weight excluding hydrogens is 784 g/mol. The fraction of sp³-hybridized carbons (Fsp3) is 0.561. The van der Waals surface area contributed by atoms with E-state index < -0.39 is 126 Å². The van der Waals surface area contributed by atoms with E-state index in [9.17, 15) is 58.2 Å². The Morgan fingerprint density at radius 1 is 0.717 bits per heavy atom. The van der Waals surface area contributed by atoms with E-state index in [1.807, 2.05) is 0 Å². The molecule has 60 heavy (non-hydrogen) atoms. The summed E-state index contributed by atoms with van der Waals surface area (Å²) in [5.74, 6) is -10.0. The summed E-state index contributed by atoms with van der Waals surface area (Å²) in [5.41, 5.74) is 4.54. The number of ketones is 1. The molecular formula is C41H60N6O13. The topological polar surface area (TPSA) is 318 Å². The molecule has 1 rings (SSSR count). The average molecular weight is 845 g/mol. The summed E-state index contributed by atoms with van der Waals surface area (Å²) in [5, 5.41) is 39.9. The lowest BCUT2D eigenvalue weighted by Gasteiger charge is -2.34. The Morgan fingerprint density at radius 3 is 1.78 bits per heavy atom. The number of carbonyl (C=O) groups is 10. The zero-order valence-electron chi connectivity index (χ0n) is 35.2. The quantitative estimate of drug-likeness (QED) is 0.0352. The number of hydrogen-bond acceptors (Lipinski definition) is 11. The first-order valence-electron chi connectivity index (χ1n) is 19.5. The number of Topliss-reactive ketones (excluding diaryl/α,β-unsaturated/α-hetero) is 1. The number of allylic oxidation sites excluding steroid dienone is 1. The van der Waals surface area contributed by atoms with Gasteiger partial charge in [0.25, 0.3) is 0 Å². The van der Waals surface area contributed by atoms with E-state index in [1.54, 1.807) is 84.9 Å². The van der Waals surface area contributed by atoms with Gasteiger partial charge in [-0.2, -0.15) is 0 Å². The highest BCUT2D eigenvalue weighted by Crippen LogP contribution is 2.22. The first-order chi connectivity index (χ1) is 27.8. The molecule has 1 aromatic rings. The van der Waals surface area contributed by atoms with Crippen molar-refractivity contribution < 1.29 is 63.3 Å². The Labute approximate surface area is 349 Å². The van der Waals surface area contributed by atoms with Crippen molar-refractivity contribution in [3.63, 3.8) is 0 Å². The minimum absolute atomic E-state index is 0.104. The molecule has 332 valence electrons. The second-order valence-corrected chi connectivity index (χ2v) is 16.1. The molecule has 0 saturated heterocycles. The van der Waals surface area contributed by atoms with Gasteiger partial charge >= 0.3 is 17.9 Å². The summed E-state index contributed by atoms with van der Waals surface area (Å²) in [6.45, 7) is 12.0. The highest BCUT2D eigenvalue weighted by molar-refractivity contribution is 6.07. The van der Waals surface area contributed by atoms with Crippen molar-refractivity contribution in [2.75, 3.05) is 0 Å². The van der Waals surface area contributed by atoms with Crippen LogP contribution in [0.1, 0.15) is 97.6 Å². The van der Waals surface area contributed by atoms with Crippen LogP contribution in [-0.4, -0.2) is 111 Å². The highest BCUT2D eigenvalue weighted by Gasteiger charge is 2.42. The Kier molecular flexibility index (Phi) is 21.0. The highest BCUT2D eigenvalue weighted by atomic mass is 16.4. The van der Waals surface area contributed by atoms with Gasteiger partial charge in [-0.15, -0.1) is 0 Å². The molecule has 0 saturated carbocycles. The molecule has 0 heterocycles. The Balaban J connectivity index is 3.61. The van der Waals surface area contributed by atoms with Crippen molar-refractivity contribution in [3.8, 4) is 0 Å². The Hall–Kier alpha value is -5.98. The van der Waals surface area contributed by atoms with Crippen LogP contribution >= 0.6 is 0 Å². The molecule has 0 aliphatic heterocycles. The fourth-order valence-electron chi connectivity index (χ4n) is 5.94. The van der Waals surface area contributed by atoms with E-state index >= 15 is 0 Å². The summed E-state index contributed by atoms with van der Waals surface area (Å²) < 4.78 is 0. The SMILES string of the molecule is CC=CCC(N)(C=O)C(=O)[C@H](CC(C)C)NC(=O)[C@@H](NC(=O)[C@H](Cc1ccccc1C)NC(=O)[C@H](CCC(=O)O)NC(=O)[C@H](CC(=O)O)NC(=O)CCC(=O)O)C(C)(C)C. The lowest BCUT2D eigenvalue weighted by Crippen LogP contribution is -2.63. The van der Waals surface area contributed by atoms with E-state index in [0.717, 1.165) is 0 Å². The molecule has 19 nitrogen and oxygen atoms in total. The van der Waals surface area contributed by atoms with Crippen LogP contribution in [0.4, 0.5) is 0 Å². The van der Waals surface area contributed by atoms with E-state index in [4.69, 9.17) is 10.8 Å². The van der Waals surface area contributed by atoms with Crippen LogP contribution in [-0.2, 0) is 54.4 Å². The van der Waals surface area contributed by atoms with Crippen molar-refractivity contribution in [1.29, 1.82) is 0 Å². The number of aldehydes is 1. The van der Waals surface area contributed by atoms with Gasteiger partial charge in [0.05, 0.1) is 18.9 Å². The number of rotatable bonds is 26. The maximum absolute atomic E-state index is 14.3. The van der Waals surface area contributed by atoms with E-state index in [1.165, 1.54) is 0 Å². The van der Waals surface area contributed by atoms with Gasteiger partial charge < -0.3 is 52.4 Å². The number of amides is 5. The molecule has 0 aromatic heterocycles. The summed E-state index contributed by atoms with van der Waals surface area (Å²) >= 11 is 0. The van der Waals surface area contributed by atoms with Gasteiger partial charge in [0.15, 0.2) is 5.78 Å². The summed E-state index contributed by atoms with van der Waals surface area (Å²) in [6, 6.07) is -0.699. The van der Waals surface area contributed by atoms with Crippen LogP contribution in [0, 0.1) is 18.3 Å². The smallest absolute Gasteiger partial charge is 0.305 e. The number of carbonyl (C=O) groups excluding carboxylic acids is 7. The number of nitrogens with two attached hydrogens (primary N) is 1. The molecule has 0 bridgehead atoms. The molecule has 1 unspecified atom stereocenters. The van der Waals surface area contributed by atoms with Crippen molar-refractivity contribution in [2.24, 2.45) is 17.1 Å². The van der Waals surface area contributed by atoms with Crippen molar-refractivity contribution >= 4 is 59.5 Å². The lowest BCUT2D eigenvalue weighted by atomic mass is 9.83. The number of aryl methyl sites for hydroxylation is 1. The number of aliphatic carboxylic acids is 3. The summed E-state index contributed by atoms with van der Waals surface area (Å²) in [4.78, 5) is 128. The van der Waals surface area contributed by atoms with Crippen molar-refractivity contribution in [2.45, 2.75) is 136 Å². The predicted octanol–water partition coefficient (Wildman–Crippen LogP) is 0.690. The van der Waals surface area contributed by atoms with E-state index in [-0.39, 0.29) is 25.2 Å². The second kappa shape index (κ2) is 24.2. The number of nitrogens with one attached hydrogen (secondary N) is 5. The van der Waals surface area contributed by atoms with Gasteiger partial charge in [0, 0.05) is 19.3 Å². The van der Waals surface area contributed by atoms with Crippen molar-refractivity contribution in [3.05, 3.63) is 47.5 Å². The number of benzene rings is 1. The van der Waals surface area contributed by atoms with Crippen LogP contribution in [0.15, 0.2) is 36.4 Å². The van der Waals surface area contributed by atoms with Gasteiger partial charge in [0.1, 0.15) is 36.0 Å². The fourth-order valence-corrected chi connectivity index (χ4v) is 5.94. The van der Waals surface area contributed by atoms with Gasteiger partial charge in [0.2, 0.25) is 29.5 Å².